The number of halogens is 3. The zero-order valence-electron chi connectivity index (χ0n) is 10.3. The predicted octanol–water partition coefficient (Wildman–Crippen LogP) is 2.97. The van der Waals surface area contributed by atoms with E-state index in [9.17, 15) is 13.2 Å². The number of nitrogens with one attached hydrogen (secondary N) is 1. The summed E-state index contributed by atoms with van der Waals surface area (Å²) in [5.74, 6) is 3.46. The van der Waals surface area contributed by atoms with Gasteiger partial charge in [-0.1, -0.05) is 18.2 Å². The van der Waals surface area contributed by atoms with E-state index in [1.807, 2.05) is 0 Å². The third-order valence-electron chi connectivity index (χ3n) is 2.96. The normalized spacial score (nSPS) is 12.5. The van der Waals surface area contributed by atoms with Gasteiger partial charge in [0.15, 0.2) is 0 Å². The third kappa shape index (κ3) is 2.62. The summed E-state index contributed by atoms with van der Waals surface area (Å²) in [6.45, 7) is 1.53. The summed E-state index contributed by atoms with van der Waals surface area (Å²) in [6, 6.07) is 7.00. The van der Waals surface area contributed by atoms with Gasteiger partial charge in [-0.05, 0) is 36.2 Å². The molecule has 0 bridgehead atoms. The van der Waals surface area contributed by atoms with E-state index in [-0.39, 0.29) is 5.56 Å². The molecule has 1 atom stereocenters. The van der Waals surface area contributed by atoms with E-state index in [0.717, 1.165) is 6.07 Å². The Labute approximate surface area is 109 Å². The second-order valence-corrected chi connectivity index (χ2v) is 4.25. The minimum absolute atomic E-state index is 0.215. The molecular formula is C14H13F3N2. The quantitative estimate of drug-likeness (QED) is 0.662. The first kappa shape index (κ1) is 13.6. The molecule has 19 heavy (non-hydrogen) atoms. The highest BCUT2D eigenvalue weighted by molar-refractivity contribution is 5.36. The minimum Gasteiger partial charge on any atom is -0.271 e. The van der Waals surface area contributed by atoms with E-state index < -0.39 is 23.5 Å². The maximum absolute atomic E-state index is 14.1. The fourth-order valence-electron chi connectivity index (χ4n) is 1.98. The number of nitrogens with two attached hydrogens (primary N) is 1. The Bertz CT molecular complexity index is 599. The second kappa shape index (κ2) is 5.42. The Morgan fingerprint density at radius 3 is 2.47 bits per heavy atom. The standard InChI is InChI=1S/C14H13F3N2/c1-8-5-6-11(16)12(13(8)17)14(19-18)9-3-2-4-10(15)7-9/h2-7,14,19H,18H2,1H3. The van der Waals surface area contributed by atoms with Gasteiger partial charge in [0, 0.05) is 5.56 Å². The molecule has 1 unspecified atom stereocenters. The maximum atomic E-state index is 14.1. The molecule has 0 spiro atoms. The molecule has 0 saturated heterocycles. The van der Waals surface area contributed by atoms with E-state index in [4.69, 9.17) is 5.84 Å². The van der Waals surface area contributed by atoms with Crippen molar-refractivity contribution in [3.8, 4) is 0 Å². The molecule has 0 aliphatic rings. The van der Waals surface area contributed by atoms with Gasteiger partial charge in [-0.3, -0.25) is 5.84 Å². The topological polar surface area (TPSA) is 38.0 Å². The van der Waals surface area contributed by atoms with Gasteiger partial charge in [-0.2, -0.15) is 0 Å². The van der Waals surface area contributed by atoms with Gasteiger partial charge in [-0.15, -0.1) is 0 Å². The van der Waals surface area contributed by atoms with E-state index in [0.29, 0.717) is 11.1 Å². The Morgan fingerprint density at radius 1 is 1.11 bits per heavy atom. The first-order chi connectivity index (χ1) is 9.04. The van der Waals surface area contributed by atoms with Crippen molar-refractivity contribution in [1.29, 1.82) is 0 Å². The van der Waals surface area contributed by atoms with Crippen LogP contribution in [0.5, 0.6) is 0 Å². The van der Waals surface area contributed by atoms with Crippen molar-refractivity contribution in [3.05, 3.63) is 70.5 Å². The van der Waals surface area contributed by atoms with Crippen LogP contribution in [0.25, 0.3) is 0 Å². The van der Waals surface area contributed by atoms with Crippen LogP contribution >= 0.6 is 0 Å². The first-order valence-corrected chi connectivity index (χ1v) is 5.70. The fraction of sp³-hybridized carbons (Fsp3) is 0.143. The molecule has 0 heterocycles. The van der Waals surface area contributed by atoms with Crippen molar-refractivity contribution < 1.29 is 13.2 Å². The third-order valence-corrected chi connectivity index (χ3v) is 2.96. The van der Waals surface area contributed by atoms with Gasteiger partial charge in [0.25, 0.3) is 0 Å². The maximum Gasteiger partial charge on any atom is 0.134 e. The molecule has 0 aliphatic heterocycles. The summed E-state index contributed by atoms with van der Waals surface area (Å²) in [7, 11) is 0. The molecule has 2 aromatic carbocycles. The van der Waals surface area contributed by atoms with Crippen molar-refractivity contribution in [2.75, 3.05) is 0 Å². The Balaban J connectivity index is 2.57. The molecule has 0 fully saturated rings. The lowest BCUT2D eigenvalue weighted by Gasteiger charge is -2.19. The summed E-state index contributed by atoms with van der Waals surface area (Å²) in [6.07, 6.45) is 0. The number of aryl methyl sites for hydroxylation is 1. The molecule has 3 N–H and O–H groups in total. The first-order valence-electron chi connectivity index (χ1n) is 5.70. The summed E-state index contributed by atoms with van der Waals surface area (Å²) in [4.78, 5) is 0. The molecule has 2 rings (SSSR count). The van der Waals surface area contributed by atoms with Gasteiger partial charge in [0.1, 0.15) is 17.5 Å². The lowest BCUT2D eigenvalue weighted by molar-refractivity contribution is 0.505. The SMILES string of the molecule is Cc1ccc(F)c(C(NN)c2cccc(F)c2)c1F. The van der Waals surface area contributed by atoms with Crippen LogP contribution in [0.2, 0.25) is 0 Å². The zero-order chi connectivity index (χ0) is 14.0. The number of hydrogen-bond donors (Lipinski definition) is 2. The summed E-state index contributed by atoms with van der Waals surface area (Å²) < 4.78 is 41.1. The summed E-state index contributed by atoms with van der Waals surface area (Å²) in [5, 5.41) is 0. The molecule has 0 radical (unpaired) electrons. The monoisotopic (exact) mass is 266 g/mol. The highest BCUT2D eigenvalue weighted by atomic mass is 19.1. The van der Waals surface area contributed by atoms with Crippen LogP contribution < -0.4 is 11.3 Å². The Kier molecular flexibility index (Phi) is 3.87. The lowest BCUT2D eigenvalue weighted by atomic mass is 9.96. The fourth-order valence-corrected chi connectivity index (χ4v) is 1.98. The van der Waals surface area contributed by atoms with E-state index in [1.165, 1.54) is 31.2 Å². The molecule has 5 heteroatoms. The number of rotatable bonds is 3. The largest absolute Gasteiger partial charge is 0.271 e. The van der Waals surface area contributed by atoms with Gasteiger partial charge in [0.05, 0.1) is 6.04 Å². The van der Waals surface area contributed by atoms with Crippen molar-refractivity contribution in [1.82, 2.24) is 5.43 Å². The van der Waals surface area contributed by atoms with Gasteiger partial charge in [-0.25, -0.2) is 18.6 Å². The number of hydrogen-bond acceptors (Lipinski definition) is 2. The van der Waals surface area contributed by atoms with Crippen molar-refractivity contribution in [3.63, 3.8) is 0 Å². The highest BCUT2D eigenvalue weighted by Crippen LogP contribution is 2.28. The van der Waals surface area contributed by atoms with E-state index in [1.54, 1.807) is 6.07 Å². The zero-order valence-corrected chi connectivity index (χ0v) is 10.3. The van der Waals surface area contributed by atoms with Crippen molar-refractivity contribution in [2.45, 2.75) is 13.0 Å². The van der Waals surface area contributed by atoms with Crippen molar-refractivity contribution >= 4 is 0 Å². The van der Waals surface area contributed by atoms with Crippen LogP contribution in [-0.4, -0.2) is 0 Å². The van der Waals surface area contributed by atoms with Crippen LogP contribution in [-0.2, 0) is 0 Å². The molecule has 2 aromatic rings. The molecule has 0 amide bonds. The Morgan fingerprint density at radius 2 is 1.84 bits per heavy atom. The molecule has 2 nitrogen and oxygen atoms in total. The number of benzene rings is 2. The predicted molar refractivity (Wildman–Crippen MR) is 66.7 cm³/mol. The van der Waals surface area contributed by atoms with Crippen LogP contribution in [0, 0.1) is 24.4 Å². The molecular weight excluding hydrogens is 253 g/mol. The molecule has 0 aliphatic carbocycles. The average molecular weight is 266 g/mol. The molecule has 0 aromatic heterocycles. The van der Waals surface area contributed by atoms with E-state index in [2.05, 4.69) is 5.43 Å². The van der Waals surface area contributed by atoms with Gasteiger partial charge >= 0.3 is 0 Å². The average Bonchev–Trinajstić information content (AvgIpc) is 2.39. The van der Waals surface area contributed by atoms with Gasteiger partial charge < -0.3 is 0 Å². The lowest BCUT2D eigenvalue weighted by Crippen LogP contribution is -2.30. The van der Waals surface area contributed by atoms with Crippen LogP contribution in [0.3, 0.4) is 0 Å². The Hall–Kier alpha value is -1.85. The molecule has 0 saturated carbocycles. The summed E-state index contributed by atoms with van der Waals surface area (Å²) in [5.41, 5.74) is 2.76. The smallest absolute Gasteiger partial charge is 0.134 e. The van der Waals surface area contributed by atoms with Gasteiger partial charge in [0.2, 0.25) is 0 Å². The highest BCUT2D eigenvalue weighted by Gasteiger charge is 2.22. The van der Waals surface area contributed by atoms with Crippen LogP contribution in [0.4, 0.5) is 13.2 Å². The van der Waals surface area contributed by atoms with E-state index >= 15 is 0 Å². The van der Waals surface area contributed by atoms with Crippen LogP contribution in [0.1, 0.15) is 22.7 Å². The van der Waals surface area contributed by atoms with Crippen molar-refractivity contribution in [2.24, 2.45) is 5.84 Å². The summed E-state index contributed by atoms with van der Waals surface area (Å²) >= 11 is 0. The van der Waals surface area contributed by atoms with Crippen LogP contribution in [0.15, 0.2) is 36.4 Å². The molecule has 100 valence electrons. The second-order valence-electron chi connectivity index (χ2n) is 4.25. The number of hydrazine groups is 1. The minimum atomic E-state index is -0.949.